The lowest BCUT2D eigenvalue weighted by atomic mass is 9.87. The van der Waals surface area contributed by atoms with Crippen LogP contribution < -0.4 is 11.3 Å². The van der Waals surface area contributed by atoms with E-state index in [1.165, 1.54) is 12.1 Å². The SMILES string of the molecule is CCOC1(C(Cc2cc(F)ccc2Cl)NN)CCCC1. The number of benzene rings is 1. The van der Waals surface area contributed by atoms with E-state index in [-0.39, 0.29) is 17.5 Å². The topological polar surface area (TPSA) is 47.3 Å². The molecule has 0 aliphatic heterocycles. The fourth-order valence-electron chi connectivity index (χ4n) is 3.17. The number of rotatable bonds is 6. The van der Waals surface area contributed by atoms with E-state index >= 15 is 0 Å². The third-order valence-electron chi connectivity index (χ3n) is 4.15. The summed E-state index contributed by atoms with van der Waals surface area (Å²) in [5.41, 5.74) is 3.36. The van der Waals surface area contributed by atoms with Gasteiger partial charge in [-0.25, -0.2) is 4.39 Å². The van der Waals surface area contributed by atoms with E-state index in [0.29, 0.717) is 18.1 Å². The second kappa shape index (κ2) is 6.85. The van der Waals surface area contributed by atoms with Crippen molar-refractivity contribution in [2.75, 3.05) is 6.61 Å². The molecule has 0 radical (unpaired) electrons. The lowest BCUT2D eigenvalue weighted by Gasteiger charge is -2.37. The number of ether oxygens (including phenoxy) is 1. The van der Waals surface area contributed by atoms with Gasteiger partial charge in [-0.05, 0) is 49.9 Å². The average molecular weight is 301 g/mol. The Balaban J connectivity index is 2.21. The first-order valence-electron chi connectivity index (χ1n) is 7.15. The highest BCUT2D eigenvalue weighted by molar-refractivity contribution is 6.31. The largest absolute Gasteiger partial charge is 0.374 e. The maximum absolute atomic E-state index is 13.4. The Morgan fingerprint density at radius 2 is 2.15 bits per heavy atom. The summed E-state index contributed by atoms with van der Waals surface area (Å²) in [6, 6.07) is 4.36. The highest BCUT2D eigenvalue weighted by Crippen LogP contribution is 2.37. The zero-order valence-corrected chi connectivity index (χ0v) is 12.5. The van der Waals surface area contributed by atoms with Gasteiger partial charge in [-0.2, -0.15) is 0 Å². The quantitative estimate of drug-likeness (QED) is 0.626. The summed E-state index contributed by atoms with van der Waals surface area (Å²) < 4.78 is 19.4. The Morgan fingerprint density at radius 3 is 2.75 bits per heavy atom. The molecule has 0 saturated heterocycles. The number of hydrazine groups is 1. The number of hydrogen-bond donors (Lipinski definition) is 2. The summed E-state index contributed by atoms with van der Waals surface area (Å²) in [7, 11) is 0. The maximum atomic E-state index is 13.4. The number of nitrogens with two attached hydrogens (primary N) is 1. The minimum Gasteiger partial charge on any atom is -0.374 e. The average Bonchev–Trinajstić information content (AvgIpc) is 2.89. The van der Waals surface area contributed by atoms with Gasteiger partial charge in [0.05, 0.1) is 11.6 Å². The van der Waals surface area contributed by atoms with E-state index in [0.717, 1.165) is 31.2 Å². The monoisotopic (exact) mass is 300 g/mol. The molecule has 0 spiro atoms. The lowest BCUT2D eigenvalue weighted by molar-refractivity contribution is -0.0613. The third kappa shape index (κ3) is 3.31. The summed E-state index contributed by atoms with van der Waals surface area (Å²) in [6.07, 6.45) is 4.78. The molecule has 0 aromatic heterocycles. The second-order valence-corrected chi connectivity index (χ2v) is 5.77. The van der Waals surface area contributed by atoms with Gasteiger partial charge < -0.3 is 4.74 Å². The minimum atomic E-state index is -0.281. The smallest absolute Gasteiger partial charge is 0.123 e. The van der Waals surface area contributed by atoms with Crippen molar-refractivity contribution in [3.8, 4) is 0 Å². The Bertz CT molecular complexity index is 449. The van der Waals surface area contributed by atoms with Crippen LogP contribution in [0.15, 0.2) is 18.2 Å². The van der Waals surface area contributed by atoms with Gasteiger partial charge >= 0.3 is 0 Å². The zero-order chi connectivity index (χ0) is 14.6. The van der Waals surface area contributed by atoms with Gasteiger partial charge in [0.2, 0.25) is 0 Å². The molecule has 1 aromatic rings. The molecule has 1 aromatic carbocycles. The minimum absolute atomic E-state index is 0.0655. The molecule has 2 rings (SSSR count). The van der Waals surface area contributed by atoms with Crippen LogP contribution in [0.25, 0.3) is 0 Å². The van der Waals surface area contributed by atoms with E-state index in [1.807, 2.05) is 6.92 Å². The van der Waals surface area contributed by atoms with E-state index in [2.05, 4.69) is 5.43 Å². The lowest BCUT2D eigenvalue weighted by Crippen LogP contribution is -2.54. The van der Waals surface area contributed by atoms with E-state index in [9.17, 15) is 4.39 Å². The van der Waals surface area contributed by atoms with Crippen LogP contribution in [0.3, 0.4) is 0 Å². The second-order valence-electron chi connectivity index (χ2n) is 5.36. The summed E-state index contributed by atoms with van der Waals surface area (Å²) in [4.78, 5) is 0. The molecule has 1 atom stereocenters. The molecule has 1 fully saturated rings. The van der Waals surface area contributed by atoms with Gasteiger partial charge in [0, 0.05) is 11.6 Å². The fraction of sp³-hybridized carbons (Fsp3) is 0.600. The summed E-state index contributed by atoms with van der Waals surface area (Å²) in [5.74, 6) is 5.46. The van der Waals surface area contributed by atoms with Crippen molar-refractivity contribution in [3.05, 3.63) is 34.6 Å². The molecular formula is C15H22ClFN2O. The first-order chi connectivity index (χ1) is 9.61. The Morgan fingerprint density at radius 1 is 1.45 bits per heavy atom. The van der Waals surface area contributed by atoms with Gasteiger partial charge in [0.25, 0.3) is 0 Å². The van der Waals surface area contributed by atoms with Crippen LogP contribution >= 0.6 is 11.6 Å². The molecule has 5 heteroatoms. The molecule has 0 heterocycles. The zero-order valence-electron chi connectivity index (χ0n) is 11.8. The van der Waals surface area contributed by atoms with Crippen LogP contribution in [0.1, 0.15) is 38.2 Å². The van der Waals surface area contributed by atoms with Gasteiger partial charge in [0.15, 0.2) is 0 Å². The van der Waals surface area contributed by atoms with Crippen molar-refractivity contribution < 1.29 is 9.13 Å². The van der Waals surface area contributed by atoms with E-state index < -0.39 is 0 Å². The van der Waals surface area contributed by atoms with Gasteiger partial charge in [-0.1, -0.05) is 24.4 Å². The first kappa shape index (κ1) is 15.7. The predicted molar refractivity (Wildman–Crippen MR) is 79.1 cm³/mol. The standard InChI is InChI=1S/C15H22ClFN2O/c1-2-20-15(7-3-4-8-15)14(19-18)10-11-9-12(17)5-6-13(11)16/h5-6,9,14,19H,2-4,7-8,10,18H2,1H3. The maximum Gasteiger partial charge on any atom is 0.123 e. The highest BCUT2D eigenvalue weighted by Gasteiger charge is 2.41. The van der Waals surface area contributed by atoms with Crippen molar-refractivity contribution in [3.63, 3.8) is 0 Å². The number of halogens is 2. The van der Waals surface area contributed by atoms with Crippen LogP contribution in [0, 0.1) is 5.82 Å². The van der Waals surface area contributed by atoms with Crippen molar-refractivity contribution in [2.45, 2.75) is 50.7 Å². The summed E-state index contributed by atoms with van der Waals surface area (Å²) in [5, 5.41) is 0.566. The fourth-order valence-corrected chi connectivity index (χ4v) is 3.37. The van der Waals surface area contributed by atoms with Crippen molar-refractivity contribution in [1.82, 2.24) is 5.43 Å². The number of nitrogens with one attached hydrogen (secondary N) is 1. The third-order valence-corrected chi connectivity index (χ3v) is 4.52. The van der Waals surface area contributed by atoms with Crippen LogP contribution in [0.4, 0.5) is 4.39 Å². The van der Waals surface area contributed by atoms with Crippen LogP contribution in [0.5, 0.6) is 0 Å². The molecule has 3 nitrogen and oxygen atoms in total. The molecule has 1 saturated carbocycles. The number of hydrogen-bond acceptors (Lipinski definition) is 3. The molecular weight excluding hydrogens is 279 g/mol. The van der Waals surface area contributed by atoms with Gasteiger partial charge in [-0.15, -0.1) is 0 Å². The molecule has 1 aliphatic carbocycles. The highest BCUT2D eigenvalue weighted by atomic mass is 35.5. The normalized spacial score (nSPS) is 19.2. The molecule has 1 unspecified atom stereocenters. The van der Waals surface area contributed by atoms with E-state index in [4.69, 9.17) is 22.2 Å². The Kier molecular flexibility index (Phi) is 5.38. The summed E-state index contributed by atoms with van der Waals surface area (Å²) in [6.45, 7) is 2.64. The predicted octanol–water partition coefficient (Wildman–Crippen LogP) is 3.20. The molecule has 0 amide bonds. The van der Waals surface area contributed by atoms with Crippen molar-refractivity contribution >= 4 is 11.6 Å². The summed E-state index contributed by atoms with van der Waals surface area (Å²) >= 11 is 6.15. The molecule has 112 valence electrons. The molecule has 1 aliphatic rings. The Labute approximate surface area is 124 Å². The van der Waals surface area contributed by atoms with Gasteiger partial charge in [0.1, 0.15) is 5.82 Å². The Hall–Kier alpha value is -0.680. The van der Waals surface area contributed by atoms with Crippen LogP contribution in [-0.4, -0.2) is 18.2 Å². The molecule has 0 bridgehead atoms. The molecule has 20 heavy (non-hydrogen) atoms. The van der Waals surface area contributed by atoms with Crippen LogP contribution in [0.2, 0.25) is 5.02 Å². The van der Waals surface area contributed by atoms with Crippen molar-refractivity contribution in [2.24, 2.45) is 5.84 Å². The van der Waals surface area contributed by atoms with Crippen molar-refractivity contribution in [1.29, 1.82) is 0 Å². The first-order valence-corrected chi connectivity index (χ1v) is 7.53. The van der Waals surface area contributed by atoms with Crippen LogP contribution in [-0.2, 0) is 11.2 Å². The molecule has 3 N–H and O–H groups in total. The van der Waals surface area contributed by atoms with Gasteiger partial charge in [-0.3, -0.25) is 11.3 Å². The van der Waals surface area contributed by atoms with E-state index in [1.54, 1.807) is 6.07 Å².